The van der Waals surface area contributed by atoms with Crippen LogP contribution in [-0.4, -0.2) is 27.5 Å². The van der Waals surface area contributed by atoms with Gasteiger partial charge in [0, 0.05) is 23.3 Å². The first-order chi connectivity index (χ1) is 9.62. The van der Waals surface area contributed by atoms with Gasteiger partial charge in [-0.2, -0.15) is 11.8 Å². The molecule has 0 aromatic carbocycles. The number of nitrogens with one attached hydrogen (secondary N) is 2. The molecule has 1 aliphatic carbocycles. The van der Waals surface area contributed by atoms with Crippen LogP contribution in [0.5, 0.6) is 0 Å². The van der Waals surface area contributed by atoms with Crippen molar-refractivity contribution >= 4 is 23.4 Å². The number of hydrogen-bond acceptors (Lipinski definition) is 6. The van der Waals surface area contributed by atoms with Crippen molar-refractivity contribution in [3.05, 3.63) is 11.9 Å². The summed E-state index contributed by atoms with van der Waals surface area (Å²) >= 11 is 1.99. The molecule has 0 saturated heterocycles. The van der Waals surface area contributed by atoms with Gasteiger partial charge in [-0.25, -0.2) is 15.8 Å². The highest BCUT2D eigenvalue weighted by atomic mass is 32.2. The summed E-state index contributed by atoms with van der Waals surface area (Å²) in [6, 6.07) is 2.39. The molecule has 20 heavy (non-hydrogen) atoms. The number of thioether (sulfide) groups is 1. The maximum absolute atomic E-state index is 5.49. The summed E-state index contributed by atoms with van der Waals surface area (Å²) in [5.41, 5.74) is 2.62. The Hall–Kier alpha value is -1.01. The quantitative estimate of drug-likeness (QED) is 0.573. The van der Waals surface area contributed by atoms with Crippen LogP contribution < -0.4 is 16.6 Å². The third-order valence-corrected chi connectivity index (χ3v) is 4.91. The molecule has 0 unspecified atom stereocenters. The van der Waals surface area contributed by atoms with E-state index in [2.05, 4.69) is 40.8 Å². The lowest BCUT2D eigenvalue weighted by atomic mass is 9.95. The van der Waals surface area contributed by atoms with Crippen molar-refractivity contribution in [1.29, 1.82) is 0 Å². The molecule has 6 heteroatoms. The molecule has 1 fully saturated rings. The Balaban J connectivity index is 2.03. The van der Waals surface area contributed by atoms with Gasteiger partial charge in [-0.05, 0) is 31.9 Å². The van der Waals surface area contributed by atoms with Gasteiger partial charge < -0.3 is 10.7 Å². The second-order valence-corrected chi connectivity index (χ2v) is 6.79. The second kappa shape index (κ2) is 7.13. The first-order valence-corrected chi connectivity index (χ1v) is 8.56. The molecule has 0 aliphatic heterocycles. The van der Waals surface area contributed by atoms with E-state index in [9.17, 15) is 0 Å². The molecule has 1 saturated carbocycles. The van der Waals surface area contributed by atoms with E-state index in [4.69, 9.17) is 5.84 Å². The minimum Gasteiger partial charge on any atom is -0.367 e. The highest BCUT2D eigenvalue weighted by Gasteiger charge is 2.21. The standard InChI is InChI=1S/C14H25N5S/c1-9(2)14-17-12(8-13(18-14)19-15)16-10-4-6-11(20-3)7-5-10/h8-11H,4-7,15H2,1-3H3,(H2,16,17,18,19). The minimum absolute atomic E-state index is 0.288. The van der Waals surface area contributed by atoms with E-state index in [0.717, 1.165) is 16.9 Å². The Labute approximate surface area is 125 Å². The van der Waals surface area contributed by atoms with Gasteiger partial charge >= 0.3 is 0 Å². The topological polar surface area (TPSA) is 75.9 Å². The van der Waals surface area contributed by atoms with Crippen molar-refractivity contribution < 1.29 is 0 Å². The van der Waals surface area contributed by atoms with E-state index >= 15 is 0 Å². The minimum atomic E-state index is 0.288. The average molecular weight is 295 g/mol. The van der Waals surface area contributed by atoms with E-state index in [0.29, 0.717) is 11.9 Å². The Kier molecular flexibility index (Phi) is 5.48. The predicted molar refractivity (Wildman–Crippen MR) is 87.1 cm³/mol. The molecule has 0 radical (unpaired) electrons. The smallest absolute Gasteiger partial charge is 0.145 e. The molecule has 112 valence electrons. The third-order valence-electron chi connectivity index (χ3n) is 3.77. The molecule has 0 atom stereocenters. The van der Waals surface area contributed by atoms with Crippen LogP contribution in [0.15, 0.2) is 6.07 Å². The fourth-order valence-corrected chi connectivity index (χ4v) is 3.27. The van der Waals surface area contributed by atoms with Crippen LogP contribution >= 0.6 is 11.8 Å². The molecular weight excluding hydrogens is 270 g/mol. The van der Waals surface area contributed by atoms with Gasteiger partial charge in [-0.15, -0.1) is 0 Å². The molecular formula is C14H25N5S. The predicted octanol–water partition coefficient (Wildman–Crippen LogP) is 2.97. The van der Waals surface area contributed by atoms with Gasteiger partial charge in [0.25, 0.3) is 0 Å². The van der Waals surface area contributed by atoms with Gasteiger partial charge in [-0.3, -0.25) is 0 Å². The summed E-state index contributed by atoms with van der Waals surface area (Å²) < 4.78 is 0. The fourth-order valence-electron chi connectivity index (χ4n) is 2.52. The Morgan fingerprint density at radius 1 is 1.20 bits per heavy atom. The SMILES string of the molecule is CSC1CCC(Nc2cc(NN)nc(C(C)C)n2)CC1. The number of hydrazine groups is 1. The zero-order valence-electron chi connectivity index (χ0n) is 12.5. The zero-order valence-corrected chi connectivity index (χ0v) is 13.3. The van der Waals surface area contributed by atoms with E-state index in [-0.39, 0.29) is 5.92 Å². The van der Waals surface area contributed by atoms with Crippen molar-refractivity contribution in [3.63, 3.8) is 0 Å². The summed E-state index contributed by atoms with van der Waals surface area (Å²) in [4.78, 5) is 8.97. The van der Waals surface area contributed by atoms with Crippen LogP contribution in [0.3, 0.4) is 0 Å². The molecule has 0 bridgehead atoms. The van der Waals surface area contributed by atoms with E-state index in [1.54, 1.807) is 0 Å². The highest BCUT2D eigenvalue weighted by molar-refractivity contribution is 7.99. The summed E-state index contributed by atoms with van der Waals surface area (Å²) in [6.45, 7) is 4.17. The molecule has 1 heterocycles. The van der Waals surface area contributed by atoms with Crippen molar-refractivity contribution in [2.24, 2.45) is 5.84 Å². The maximum atomic E-state index is 5.49. The molecule has 0 amide bonds. The second-order valence-electron chi connectivity index (χ2n) is 5.65. The van der Waals surface area contributed by atoms with Crippen LogP contribution in [0.25, 0.3) is 0 Å². The van der Waals surface area contributed by atoms with Crippen LogP contribution in [0.4, 0.5) is 11.6 Å². The molecule has 1 aliphatic rings. The summed E-state index contributed by atoms with van der Waals surface area (Å²) in [7, 11) is 0. The Morgan fingerprint density at radius 2 is 1.85 bits per heavy atom. The van der Waals surface area contributed by atoms with Crippen molar-refractivity contribution in [2.45, 2.75) is 56.7 Å². The lowest BCUT2D eigenvalue weighted by molar-refractivity contribution is 0.472. The van der Waals surface area contributed by atoms with E-state index in [1.807, 2.05) is 17.8 Å². The van der Waals surface area contributed by atoms with Crippen LogP contribution in [0.1, 0.15) is 51.3 Å². The number of aromatic nitrogens is 2. The number of hydrogen-bond donors (Lipinski definition) is 3. The number of rotatable bonds is 5. The molecule has 1 aromatic heterocycles. The van der Waals surface area contributed by atoms with E-state index in [1.165, 1.54) is 25.7 Å². The number of anilines is 2. The van der Waals surface area contributed by atoms with Crippen molar-refractivity contribution in [2.75, 3.05) is 17.0 Å². The van der Waals surface area contributed by atoms with Gasteiger partial charge in [-0.1, -0.05) is 13.8 Å². The average Bonchev–Trinajstić information content (AvgIpc) is 2.47. The maximum Gasteiger partial charge on any atom is 0.145 e. The first-order valence-electron chi connectivity index (χ1n) is 7.27. The molecule has 4 N–H and O–H groups in total. The highest BCUT2D eigenvalue weighted by Crippen LogP contribution is 2.28. The molecule has 1 aromatic rings. The summed E-state index contributed by atoms with van der Waals surface area (Å²) in [5, 5.41) is 4.36. The number of nitrogens with two attached hydrogens (primary N) is 1. The first kappa shape index (κ1) is 15.4. The third kappa shape index (κ3) is 3.99. The largest absolute Gasteiger partial charge is 0.367 e. The van der Waals surface area contributed by atoms with Crippen LogP contribution in [0.2, 0.25) is 0 Å². The lowest BCUT2D eigenvalue weighted by Gasteiger charge is -2.28. The van der Waals surface area contributed by atoms with Crippen LogP contribution in [-0.2, 0) is 0 Å². The van der Waals surface area contributed by atoms with Gasteiger partial charge in [0.1, 0.15) is 17.5 Å². The van der Waals surface area contributed by atoms with Gasteiger partial charge in [0.2, 0.25) is 0 Å². The Bertz CT molecular complexity index is 430. The van der Waals surface area contributed by atoms with Gasteiger partial charge in [0.05, 0.1) is 0 Å². The Morgan fingerprint density at radius 3 is 2.40 bits per heavy atom. The summed E-state index contributed by atoms with van der Waals surface area (Å²) in [6.07, 6.45) is 7.18. The molecule has 2 rings (SSSR count). The zero-order chi connectivity index (χ0) is 14.5. The molecule has 0 spiro atoms. The number of nitrogens with zero attached hydrogens (tertiary/aromatic N) is 2. The normalized spacial score (nSPS) is 22.9. The monoisotopic (exact) mass is 295 g/mol. The van der Waals surface area contributed by atoms with Crippen LogP contribution in [0, 0.1) is 0 Å². The van der Waals surface area contributed by atoms with Gasteiger partial charge in [0.15, 0.2) is 0 Å². The molecule has 5 nitrogen and oxygen atoms in total. The van der Waals surface area contributed by atoms with E-state index < -0.39 is 0 Å². The fraction of sp³-hybridized carbons (Fsp3) is 0.714. The summed E-state index contributed by atoms with van der Waals surface area (Å²) in [5.74, 6) is 8.14. The lowest BCUT2D eigenvalue weighted by Crippen LogP contribution is -2.27. The van der Waals surface area contributed by atoms with Crippen molar-refractivity contribution in [3.8, 4) is 0 Å². The number of nitrogen functional groups attached to an aromatic ring is 1. The van der Waals surface area contributed by atoms with Crippen molar-refractivity contribution in [1.82, 2.24) is 9.97 Å².